The van der Waals surface area contributed by atoms with E-state index in [4.69, 9.17) is 0 Å². The second kappa shape index (κ2) is 5.36. The molecule has 0 amide bonds. The van der Waals surface area contributed by atoms with Crippen molar-refractivity contribution in [3.05, 3.63) is 16.1 Å². The molecule has 1 aromatic heterocycles. The zero-order valence-electron chi connectivity index (χ0n) is 11.9. The fourth-order valence-corrected chi connectivity index (χ4v) is 5.80. The predicted octanol–water partition coefficient (Wildman–Crippen LogP) is 0.817. The lowest BCUT2D eigenvalue weighted by Gasteiger charge is -2.19. The number of hydrogen-bond donors (Lipinski definition) is 0. The summed E-state index contributed by atoms with van der Waals surface area (Å²) in [4.78, 5) is 7.57. The van der Waals surface area contributed by atoms with Gasteiger partial charge in [-0.15, -0.1) is 11.3 Å². The van der Waals surface area contributed by atoms with Gasteiger partial charge in [-0.1, -0.05) is 0 Å². The van der Waals surface area contributed by atoms with Crippen molar-refractivity contribution in [3.8, 4) is 0 Å². The molecule has 20 heavy (non-hydrogen) atoms. The molecule has 2 aliphatic heterocycles. The van der Waals surface area contributed by atoms with Crippen LogP contribution in [0.4, 0.5) is 0 Å². The summed E-state index contributed by atoms with van der Waals surface area (Å²) in [6.45, 7) is 5.42. The van der Waals surface area contributed by atoms with Crippen molar-refractivity contribution in [1.82, 2.24) is 14.2 Å². The minimum atomic E-state index is -3.12. The third kappa shape index (κ3) is 2.77. The molecule has 7 heteroatoms. The highest BCUT2D eigenvalue weighted by molar-refractivity contribution is 7.89. The van der Waals surface area contributed by atoms with Crippen molar-refractivity contribution in [2.75, 3.05) is 39.0 Å². The van der Waals surface area contributed by atoms with Crippen LogP contribution in [0.2, 0.25) is 0 Å². The van der Waals surface area contributed by atoms with Crippen molar-refractivity contribution in [3.63, 3.8) is 0 Å². The average Bonchev–Trinajstić information content (AvgIpc) is 3.01. The zero-order valence-corrected chi connectivity index (χ0v) is 13.6. The first-order chi connectivity index (χ1) is 9.45. The third-order valence-electron chi connectivity index (χ3n) is 4.46. The van der Waals surface area contributed by atoms with E-state index in [1.165, 1.54) is 0 Å². The highest BCUT2D eigenvalue weighted by Crippen LogP contribution is 2.32. The summed E-state index contributed by atoms with van der Waals surface area (Å²) in [6, 6.07) is 0. The summed E-state index contributed by atoms with van der Waals surface area (Å²) in [5.74, 6) is 1.27. The van der Waals surface area contributed by atoms with E-state index in [1.54, 1.807) is 21.2 Å². The number of sulfonamides is 1. The lowest BCUT2D eigenvalue weighted by Crippen LogP contribution is -2.34. The van der Waals surface area contributed by atoms with Crippen LogP contribution in [0.1, 0.15) is 10.6 Å². The van der Waals surface area contributed by atoms with Gasteiger partial charge in [-0.2, -0.15) is 0 Å². The quantitative estimate of drug-likeness (QED) is 0.825. The lowest BCUT2D eigenvalue weighted by molar-refractivity contribution is 0.349. The van der Waals surface area contributed by atoms with Gasteiger partial charge in [-0.05, 0) is 32.2 Å². The Hall–Kier alpha value is -0.500. The van der Waals surface area contributed by atoms with Gasteiger partial charge in [0.2, 0.25) is 10.0 Å². The number of thiazole rings is 1. The molecule has 0 bridgehead atoms. The van der Waals surface area contributed by atoms with Crippen molar-refractivity contribution in [1.29, 1.82) is 0 Å². The first kappa shape index (κ1) is 14.4. The number of aryl methyl sites for hydroxylation is 2. The molecule has 2 aliphatic rings. The van der Waals surface area contributed by atoms with Crippen LogP contribution in [0.5, 0.6) is 0 Å². The summed E-state index contributed by atoms with van der Waals surface area (Å²) in [5, 5.41) is 0. The highest BCUT2D eigenvalue weighted by Gasteiger charge is 2.42. The molecule has 0 aliphatic carbocycles. The maximum Gasteiger partial charge on any atom is 0.214 e. The second-order valence-electron chi connectivity index (χ2n) is 5.99. The number of likely N-dealkylation sites (tertiary alicyclic amines) is 1. The van der Waals surface area contributed by atoms with E-state index in [1.807, 2.05) is 6.92 Å². The van der Waals surface area contributed by atoms with E-state index in [0.717, 1.165) is 23.7 Å². The van der Waals surface area contributed by atoms with E-state index in [-0.39, 0.29) is 5.75 Å². The van der Waals surface area contributed by atoms with E-state index >= 15 is 0 Å². The van der Waals surface area contributed by atoms with Crippen LogP contribution in [0.25, 0.3) is 0 Å². The van der Waals surface area contributed by atoms with Crippen LogP contribution in [0, 0.1) is 18.8 Å². The number of hydrogen-bond acceptors (Lipinski definition) is 5. The largest absolute Gasteiger partial charge is 0.306 e. The smallest absolute Gasteiger partial charge is 0.214 e. The molecular weight excluding hydrogens is 294 g/mol. The van der Waals surface area contributed by atoms with E-state index in [0.29, 0.717) is 31.3 Å². The predicted molar refractivity (Wildman–Crippen MR) is 80.4 cm³/mol. The van der Waals surface area contributed by atoms with Crippen LogP contribution in [-0.2, 0) is 16.4 Å². The van der Waals surface area contributed by atoms with Crippen LogP contribution >= 0.6 is 11.3 Å². The van der Waals surface area contributed by atoms with E-state index in [2.05, 4.69) is 16.9 Å². The Bertz CT molecular complexity index is 570. The topological polar surface area (TPSA) is 53.5 Å². The number of fused-ring (bicyclic) bond motifs is 1. The summed E-state index contributed by atoms with van der Waals surface area (Å²) in [6.07, 6.45) is 0.588. The van der Waals surface area contributed by atoms with Gasteiger partial charge in [0.25, 0.3) is 0 Å². The van der Waals surface area contributed by atoms with Gasteiger partial charge in [0.05, 0.1) is 17.0 Å². The van der Waals surface area contributed by atoms with Crippen LogP contribution in [0.3, 0.4) is 0 Å². The normalized spacial score (nSPS) is 28.1. The second-order valence-corrected chi connectivity index (χ2v) is 9.01. The van der Waals surface area contributed by atoms with Crippen LogP contribution in [0.15, 0.2) is 5.51 Å². The lowest BCUT2D eigenvalue weighted by atomic mass is 10.0. The van der Waals surface area contributed by atoms with Gasteiger partial charge in [0.15, 0.2) is 0 Å². The highest BCUT2D eigenvalue weighted by atomic mass is 32.2. The molecule has 0 N–H and O–H groups in total. The molecule has 0 saturated carbocycles. The van der Waals surface area contributed by atoms with Gasteiger partial charge < -0.3 is 4.90 Å². The molecule has 0 aromatic carbocycles. The molecule has 2 atom stereocenters. The molecule has 2 fully saturated rings. The van der Waals surface area contributed by atoms with Gasteiger partial charge in [0, 0.05) is 31.1 Å². The number of rotatable bonds is 4. The molecule has 0 spiro atoms. The van der Waals surface area contributed by atoms with Gasteiger partial charge in [-0.3, -0.25) is 0 Å². The molecule has 2 saturated heterocycles. The molecule has 3 rings (SSSR count). The Balaban J connectivity index is 1.61. The first-order valence-electron chi connectivity index (χ1n) is 7.01. The minimum absolute atomic E-state index is 0.214. The maximum absolute atomic E-state index is 12.4. The average molecular weight is 315 g/mol. The third-order valence-corrected chi connectivity index (χ3v) is 7.26. The molecule has 0 unspecified atom stereocenters. The van der Waals surface area contributed by atoms with Crippen molar-refractivity contribution in [2.45, 2.75) is 13.3 Å². The summed E-state index contributed by atoms with van der Waals surface area (Å²) in [7, 11) is -1.00. The van der Waals surface area contributed by atoms with Gasteiger partial charge in [0.1, 0.15) is 0 Å². The van der Waals surface area contributed by atoms with Crippen molar-refractivity contribution >= 4 is 21.4 Å². The Morgan fingerprint density at radius 2 is 1.95 bits per heavy atom. The van der Waals surface area contributed by atoms with E-state index in [9.17, 15) is 8.42 Å². The molecule has 112 valence electrons. The summed E-state index contributed by atoms with van der Waals surface area (Å²) >= 11 is 1.55. The SMILES string of the molecule is Cc1ncsc1CCS(=O)(=O)N1C[C@H]2CN(C)C[C@H]2C1. The Labute approximate surface area is 124 Å². The summed E-state index contributed by atoms with van der Waals surface area (Å²) in [5.41, 5.74) is 2.75. The standard InChI is InChI=1S/C13H21N3O2S2/c1-10-13(19-9-14-10)3-4-20(17,18)16-7-11-5-15(2)6-12(11)8-16/h9,11-12H,3-8H2,1-2H3/t11-,12+. The number of nitrogens with zero attached hydrogens (tertiary/aromatic N) is 3. The van der Waals surface area contributed by atoms with Gasteiger partial charge >= 0.3 is 0 Å². The Morgan fingerprint density at radius 3 is 2.50 bits per heavy atom. The van der Waals surface area contributed by atoms with Crippen molar-refractivity contribution < 1.29 is 8.42 Å². The Kier molecular flexibility index (Phi) is 3.87. The Morgan fingerprint density at radius 1 is 1.30 bits per heavy atom. The monoisotopic (exact) mass is 315 g/mol. The molecule has 1 aromatic rings. The molecule has 3 heterocycles. The van der Waals surface area contributed by atoms with Crippen LogP contribution < -0.4 is 0 Å². The zero-order chi connectivity index (χ0) is 14.3. The minimum Gasteiger partial charge on any atom is -0.306 e. The fourth-order valence-electron chi connectivity index (χ4n) is 3.33. The van der Waals surface area contributed by atoms with Crippen molar-refractivity contribution in [2.24, 2.45) is 11.8 Å². The first-order valence-corrected chi connectivity index (χ1v) is 9.50. The van der Waals surface area contributed by atoms with Gasteiger partial charge in [-0.25, -0.2) is 17.7 Å². The molecule has 5 nitrogen and oxygen atoms in total. The summed E-state index contributed by atoms with van der Waals surface area (Å²) < 4.78 is 26.6. The molecular formula is C13H21N3O2S2. The molecule has 0 radical (unpaired) electrons. The number of aromatic nitrogens is 1. The van der Waals surface area contributed by atoms with E-state index < -0.39 is 10.0 Å². The van der Waals surface area contributed by atoms with Crippen LogP contribution in [-0.4, -0.2) is 61.6 Å². The maximum atomic E-state index is 12.4. The fraction of sp³-hybridized carbons (Fsp3) is 0.769.